The minimum Gasteiger partial charge on any atom is -0.489 e. The largest absolute Gasteiger partial charge is 0.489 e. The van der Waals surface area contributed by atoms with Gasteiger partial charge in [0.2, 0.25) is 0 Å². The number of hydrogen-bond acceptors (Lipinski definition) is 3. The lowest BCUT2D eigenvalue weighted by Gasteiger charge is -2.13. The third-order valence-electron chi connectivity index (χ3n) is 3.89. The first-order valence-electron chi connectivity index (χ1n) is 8.31. The Morgan fingerprint density at radius 2 is 1.50 bits per heavy atom. The monoisotopic (exact) mass is 366 g/mol. The highest BCUT2D eigenvalue weighted by Gasteiger charge is 2.11. The van der Waals surface area contributed by atoms with E-state index < -0.39 is 0 Å². The number of halogens is 1. The third-order valence-corrected chi connectivity index (χ3v) is 4.14. The maximum atomic E-state index is 11.9. The molecule has 0 saturated heterocycles. The van der Waals surface area contributed by atoms with Crippen LogP contribution in [0.25, 0.3) is 0 Å². The summed E-state index contributed by atoms with van der Waals surface area (Å²) in [6.45, 7) is 2.33. The highest BCUT2D eigenvalue weighted by molar-refractivity contribution is 6.30. The van der Waals surface area contributed by atoms with Gasteiger partial charge in [0.15, 0.2) is 5.78 Å². The van der Waals surface area contributed by atoms with Gasteiger partial charge in [-0.3, -0.25) is 4.79 Å². The van der Waals surface area contributed by atoms with Gasteiger partial charge in [0, 0.05) is 11.1 Å². The van der Waals surface area contributed by atoms with Gasteiger partial charge in [-0.1, -0.05) is 54.1 Å². The van der Waals surface area contributed by atoms with E-state index in [1.165, 1.54) is 6.92 Å². The number of carbonyl (C=O) groups excluding carboxylic acids is 1. The molecular weight excluding hydrogens is 348 g/mol. The molecular formula is C22H19ClO3. The lowest BCUT2D eigenvalue weighted by atomic mass is 10.1. The molecule has 3 rings (SSSR count). The van der Waals surface area contributed by atoms with Crippen LogP contribution in [-0.4, -0.2) is 5.78 Å². The molecule has 3 aromatic rings. The van der Waals surface area contributed by atoms with Gasteiger partial charge in [-0.25, -0.2) is 0 Å². The highest BCUT2D eigenvalue weighted by Crippen LogP contribution is 2.27. The van der Waals surface area contributed by atoms with E-state index in [1.54, 1.807) is 18.2 Å². The Morgan fingerprint density at radius 1 is 0.846 bits per heavy atom. The summed E-state index contributed by atoms with van der Waals surface area (Å²) in [4.78, 5) is 11.9. The van der Waals surface area contributed by atoms with Gasteiger partial charge in [0.25, 0.3) is 0 Å². The number of benzene rings is 3. The molecule has 132 valence electrons. The van der Waals surface area contributed by atoms with E-state index in [-0.39, 0.29) is 5.78 Å². The zero-order valence-corrected chi connectivity index (χ0v) is 15.2. The summed E-state index contributed by atoms with van der Waals surface area (Å²) in [7, 11) is 0. The number of ether oxygens (including phenoxy) is 2. The highest BCUT2D eigenvalue weighted by atomic mass is 35.5. The number of rotatable bonds is 7. The van der Waals surface area contributed by atoms with Gasteiger partial charge < -0.3 is 9.47 Å². The van der Waals surface area contributed by atoms with Crippen molar-refractivity contribution in [2.75, 3.05) is 0 Å². The molecule has 0 N–H and O–H groups in total. The van der Waals surface area contributed by atoms with Crippen molar-refractivity contribution < 1.29 is 14.3 Å². The van der Waals surface area contributed by atoms with E-state index in [2.05, 4.69) is 0 Å². The fourth-order valence-electron chi connectivity index (χ4n) is 2.49. The molecule has 0 amide bonds. The lowest BCUT2D eigenvalue weighted by Crippen LogP contribution is -2.03. The molecule has 0 aliphatic rings. The van der Waals surface area contributed by atoms with E-state index in [0.717, 1.165) is 11.1 Å². The van der Waals surface area contributed by atoms with Crippen LogP contribution in [0.4, 0.5) is 0 Å². The molecule has 0 unspecified atom stereocenters. The molecule has 4 heteroatoms. The zero-order chi connectivity index (χ0) is 18.4. The molecule has 0 saturated carbocycles. The Morgan fingerprint density at radius 3 is 2.19 bits per heavy atom. The van der Waals surface area contributed by atoms with Crippen LogP contribution in [0, 0.1) is 0 Å². The molecule has 0 aromatic heterocycles. The summed E-state index contributed by atoms with van der Waals surface area (Å²) >= 11 is 5.89. The second kappa shape index (κ2) is 8.54. The number of hydrogen-bond donors (Lipinski definition) is 0. The standard InChI is InChI=1S/C22H19ClO3/c1-16(24)21-12-11-20(25-14-18-7-9-19(23)10-8-18)13-22(21)26-15-17-5-3-2-4-6-17/h2-13H,14-15H2,1H3. The zero-order valence-electron chi connectivity index (χ0n) is 14.4. The Kier molecular flexibility index (Phi) is 5.92. The quantitative estimate of drug-likeness (QED) is 0.503. The lowest BCUT2D eigenvalue weighted by molar-refractivity contribution is 0.101. The molecule has 0 radical (unpaired) electrons. The Labute approximate surface area is 158 Å². The average Bonchev–Trinajstić information content (AvgIpc) is 2.66. The van der Waals surface area contributed by atoms with E-state index in [0.29, 0.717) is 35.3 Å². The molecule has 0 aliphatic heterocycles. The van der Waals surface area contributed by atoms with Gasteiger partial charge in [-0.05, 0) is 42.3 Å². The Hall–Kier alpha value is -2.78. The predicted molar refractivity (Wildman–Crippen MR) is 103 cm³/mol. The molecule has 0 fully saturated rings. The number of carbonyl (C=O) groups is 1. The minimum absolute atomic E-state index is 0.0442. The summed E-state index contributed by atoms with van der Waals surface area (Å²) in [6, 6.07) is 22.6. The summed E-state index contributed by atoms with van der Waals surface area (Å²) < 4.78 is 11.7. The van der Waals surface area contributed by atoms with E-state index in [9.17, 15) is 4.79 Å². The molecule has 0 heterocycles. The molecule has 3 nitrogen and oxygen atoms in total. The van der Waals surface area contributed by atoms with Gasteiger partial charge in [-0.2, -0.15) is 0 Å². The van der Waals surface area contributed by atoms with Crippen molar-refractivity contribution in [2.45, 2.75) is 20.1 Å². The van der Waals surface area contributed by atoms with Crippen molar-refractivity contribution in [2.24, 2.45) is 0 Å². The van der Waals surface area contributed by atoms with E-state index in [4.69, 9.17) is 21.1 Å². The summed E-state index contributed by atoms with van der Waals surface area (Å²) in [6.07, 6.45) is 0. The van der Waals surface area contributed by atoms with Gasteiger partial charge in [-0.15, -0.1) is 0 Å². The van der Waals surface area contributed by atoms with Crippen molar-refractivity contribution >= 4 is 17.4 Å². The van der Waals surface area contributed by atoms with Crippen LogP contribution in [0.2, 0.25) is 5.02 Å². The fourth-order valence-corrected chi connectivity index (χ4v) is 2.61. The van der Waals surface area contributed by atoms with Crippen molar-refractivity contribution in [3.8, 4) is 11.5 Å². The van der Waals surface area contributed by atoms with Crippen LogP contribution in [0.5, 0.6) is 11.5 Å². The van der Waals surface area contributed by atoms with Crippen LogP contribution < -0.4 is 9.47 Å². The average molecular weight is 367 g/mol. The maximum absolute atomic E-state index is 11.9. The topological polar surface area (TPSA) is 35.5 Å². The second-order valence-electron chi connectivity index (χ2n) is 5.90. The van der Waals surface area contributed by atoms with Gasteiger partial charge >= 0.3 is 0 Å². The first kappa shape index (κ1) is 18.0. The van der Waals surface area contributed by atoms with Crippen molar-refractivity contribution in [1.82, 2.24) is 0 Å². The van der Waals surface area contributed by atoms with Gasteiger partial charge in [0.1, 0.15) is 24.7 Å². The van der Waals surface area contributed by atoms with E-state index >= 15 is 0 Å². The maximum Gasteiger partial charge on any atom is 0.163 e. The molecule has 0 aliphatic carbocycles. The van der Waals surface area contributed by atoms with Crippen molar-refractivity contribution in [3.63, 3.8) is 0 Å². The minimum atomic E-state index is -0.0442. The van der Waals surface area contributed by atoms with Gasteiger partial charge in [0.05, 0.1) is 5.56 Å². The first-order chi connectivity index (χ1) is 12.6. The molecule has 26 heavy (non-hydrogen) atoms. The van der Waals surface area contributed by atoms with Crippen LogP contribution >= 0.6 is 11.6 Å². The second-order valence-corrected chi connectivity index (χ2v) is 6.34. The van der Waals surface area contributed by atoms with Crippen LogP contribution in [-0.2, 0) is 13.2 Å². The SMILES string of the molecule is CC(=O)c1ccc(OCc2ccc(Cl)cc2)cc1OCc1ccccc1. The third kappa shape index (κ3) is 4.87. The van der Waals surface area contributed by atoms with Crippen LogP contribution in [0.3, 0.4) is 0 Å². The molecule has 0 bridgehead atoms. The first-order valence-corrected chi connectivity index (χ1v) is 8.68. The number of ketones is 1. The fraction of sp³-hybridized carbons (Fsp3) is 0.136. The summed E-state index contributed by atoms with van der Waals surface area (Å²) in [5.41, 5.74) is 2.59. The Balaban J connectivity index is 1.72. The molecule has 3 aromatic carbocycles. The predicted octanol–water partition coefficient (Wildman–Crippen LogP) is 5.70. The normalized spacial score (nSPS) is 10.4. The van der Waals surface area contributed by atoms with Crippen molar-refractivity contribution in [3.05, 3.63) is 94.5 Å². The molecule has 0 atom stereocenters. The smallest absolute Gasteiger partial charge is 0.163 e. The van der Waals surface area contributed by atoms with E-state index in [1.807, 2.05) is 54.6 Å². The summed E-state index contributed by atoms with van der Waals surface area (Å²) in [5.74, 6) is 1.13. The Bertz CT molecular complexity index is 874. The number of Topliss-reactive ketones (excluding diaryl/α,β-unsaturated/α-hetero) is 1. The molecule has 0 spiro atoms. The van der Waals surface area contributed by atoms with Crippen LogP contribution in [0.15, 0.2) is 72.8 Å². The summed E-state index contributed by atoms with van der Waals surface area (Å²) in [5, 5.41) is 0.691. The van der Waals surface area contributed by atoms with Crippen molar-refractivity contribution in [1.29, 1.82) is 0 Å². The van der Waals surface area contributed by atoms with Crippen LogP contribution in [0.1, 0.15) is 28.4 Å².